The zero-order valence-corrected chi connectivity index (χ0v) is 10.9. The van der Waals surface area contributed by atoms with Gasteiger partial charge in [0.1, 0.15) is 0 Å². The van der Waals surface area contributed by atoms with Crippen molar-refractivity contribution in [1.29, 1.82) is 0 Å². The lowest BCUT2D eigenvalue weighted by Crippen LogP contribution is -2.30. The summed E-state index contributed by atoms with van der Waals surface area (Å²) in [6, 6.07) is 6.67. The first kappa shape index (κ1) is 11.0. The summed E-state index contributed by atoms with van der Waals surface area (Å²) in [6.45, 7) is 4.69. The van der Waals surface area contributed by atoms with Gasteiger partial charge in [-0.15, -0.1) is 0 Å². The summed E-state index contributed by atoms with van der Waals surface area (Å²) < 4.78 is 1.19. The van der Waals surface area contributed by atoms with E-state index in [0.29, 0.717) is 0 Å². The zero-order valence-electron chi connectivity index (χ0n) is 9.30. The molecule has 2 heteroatoms. The number of rotatable bonds is 2. The zero-order chi connectivity index (χ0) is 10.7. The van der Waals surface area contributed by atoms with Gasteiger partial charge in [-0.3, -0.25) is 0 Å². The molecule has 0 bridgehead atoms. The molecule has 1 aromatic carbocycles. The Hall–Kier alpha value is -0.500. The van der Waals surface area contributed by atoms with E-state index in [-0.39, 0.29) is 0 Å². The standard InChI is InChI=1S/C13H18BrN/c1-2-11-10-12(14)6-7-13(11)15-8-4-3-5-9-15/h6-7,10H,2-5,8-9H2,1H3. The maximum Gasteiger partial charge on any atom is 0.0399 e. The Morgan fingerprint density at radius 2 is 1.93 bits per heavy atom. The van der Waals surface area contributed by atoms with Gasteiger partial charge in [0.15, 0.2) is 0 Å². The third-order valence-corrected chi connectivity index (χ3v) is 3.61. The van der Waals surface area contributed by atoms with Crippen molar-refractivity contribution in [1.82, 2.24) is 0 Å². The van der Waals surface area contributed by atoms with Crippen LogP contribution in [0.5, 0.6) is 0 Å². The van der Waals surface area contributed by atoms with E-state index >= 15 is 0 Å². The fourth-order valence-electron chi connectivity index (χ4n) is 2.28. The van der Waals surface area contributed by atoms with Crippen molar-refractivity contribution in [2.75, 3.05) is 18.0 Å². The summed E-state index contributed by atoms with van der Waals surface area (Å²) >= 11 is 3.54. The Labute approximate surface area is 101 Å². The van der Waals surface area contributed by atoms with E-state index in [0.717, 1.165) is 6.42 Å². The van der Waals surface area contributed by atoms with Gasteiger partial charge in [0.05, 0.1) is 0 Å². The first-order valence-corrected chi connectivity index (χ1v) is 6.64. The maximum atomic E-state index is 3.54. The van der Waals surface area contributed by atoms with Crippen LogP contribution in [0.25, 0.3) is 0 Å². The van der Waals surface area contributed by atoms with Crippen molar-refractivity contribution < 1.29 is 0 Å². The normalized spacial score (nSPS) is 16.8. The second-order valence-corrected chi connectivity index (χ2v) is 5.09. The molecule has 1 heterocycles. The summed E-state index contributed by atoms with van der Waals surface area (Å²) in [4.78, 5) is 2.54. The average Bonchev–Trinajstić information content (AvgIpc) is 2.30. The molecule has 0 spiro atoms. The van der Waals surface area contributed by atoms with Gasteiger partial charge in [-0.2, -0.15) is 0 Å². The second-order valence-electron chi connectivity index (χ2n) is 4.17. The fourth-order valence-corrected chi connectivity index (χ4v) is 2.69. The maximum absolute atomic E-state index is 3.54. The number of anilines is 1. The van der Waals surface area contributed by atoms with Crippen LogP contribution in [0.15, 0.2) is 22.7 Å². The molecule has 2 rings (SSSR count). The molecule has 1 aliphatic rings. The summed E-state index contributed by atoms with van der Waals surface area (Å²) in [5, 5.41) is 0. The lowest BCUT2D eigenvalue weighted by Gasteiger charge is -2.30. The molecule has 1 saturated heterocycles. The van der Waals surface area contributed by atoms with Crippen molar-refractivity contribution in [2.24, 2.45) is 0 Å². The average molecular weight is 268 g/mol. The first-order valence-electron chi connectivity index (χ1n) is 5.84. The number of hydrogen-bond donors (Lipinski definition) is 0. The van der Waals surface area contributed by atoms with Gasteiger partial charge < -0.3 is 4.90 Å². The molecule has 0 unspecified atom stereocenters. The van der Waals surface area contributed by atoms with Gasteiger partial charge in [-0.05, 0) is 49.4 Å². The largest absolute Gasteiger partial charge is 0.371 e. The molecule has 0 aliphatic carbocycles. The third-order valence-electron chi connectivity index (χ3n) is 3.12. The minimum atomic E-state index is 1.12. The van der Waals surface area contributed by atoms with Crippen LogP contribution in [0.4, 0.5) is 5.69 Å². The molecule has 1 aromatic rings. The molecule has 82 valence electrons. The van der Waals surface area contributed by atoms with Crippen LogP contribution in [-0.4, -0.2) is 13.1 Å². The second kappa shape index (κ2) is 5.02. The number of aryl methyl sites for hydroxylation is 1. The van der Waals surface area contributed by atoms with Crippen LogP contribution in [0, 0.1) is 0 Å². The lowest BCUT2D eigenvalue weighted by atomic mass is 10.1. The Morgan fingerprint density at radius 1 is 1.20 bits per heavy atom. The number of benzene rings is 1. The monoisotopic (exact) mass is 267 g/mol. The Kier molecular flexibility index (Phi) is 3.68. The van der Waals surface area contributed by atoms with Crippen LogP contribution in [0.1, 0.15) is 31.7 Å². The Balaban J connectivity index is 2.25. The predicted octanol–water partition coefficient (Wildman–Crippen LogP) is 4.00. The van der Waals surface area contributed by atoms with E-state index in [2.05, 4.69) is 46.0 Å². The van der Waals surface area contributed by atoms with Crippen LogP contribution in [0.3, 0.4) is 0 Å². The molecule has 1 nitrogen and oxygen atoms in total. The topological polar surface area (TPSA) is 3.24 Å². The molecule has 1 aliphatic heterocycles. The molecule has 0 amide bonds. The van der Waals surface area contributed by atoms with Crippen LogP contribution in [0.2, 0.25) is 0 Å². The minimum Gasteiger partial charge on any atom is -0.371 e. The van der Waals surface area contributed by atoms with Gasteiger partial charge in [-0.1, -0.05) is 22.9 Å². The summed E-state index contributed by atoms with van der Waals surface area (Å²) in [6.07, 6.45) is 5.21. The fraction of sp³-hybridized carbons (Fsp3) is 0.538. The Bertz CT molecular complexity index is 329. The van der Waals surface area contributed by atoms with Crippen LogP contribution >= 0.6 is 15.9 Å². The minimum absolute atomic E-state index is 1.12. The molecule has 1 fully saturated rings. The van der Waals surface area contributed by atoms with Crippen LogP contribution in [-0.2, 0) is 6.42 Å². The van der Waals surface area contributed by atoms with E-state index in [1.165, 1.54) is 48.1 Å². The molecule has 0 N–H and O–H groups in total. The van der Waals surface area contributed by atoms with Crippen molar-refractivity contribution >= 4 is 21.6 Å². The summed E-state index contributed by atoms with van der Waals surface area (Å²) in [5.41, 5.74) is 2.91. The van der Waals surface area contributed by atoms with Crippen LogP contribution < -0.4 is 4.90 Å². The highest BCUT2D eigenvalue weighted by Gasteiger charge is 2.13. The molecule has 15 heavy (non-hydrogen) atoms. The molecular weight excluding hydrogens is 250 g/mol. The van der Waals surface area contributed by atoms with E-state index < -0.39 is 0 Å². The first-order chi connectivity index (χ1) is 7.31. The van der Waals surface area contributed by atoms with E-state index in [1.807, 2.05) is 0 Å². The lowest BCUT2D eigenvalue weighted by molar-refractivity contribution is 0.576. The molecule has 0 radical (unpaired) electrons. The van der Waals surface area contributed by atoms with Gasteiger partial charge in [0, 0.05) is 23.2 Å². The van der Waals surface area contributed by atoms with E-state index in [9.17, 15) is 0 Å². The number of piperidine rings is 1. The number of halogens is 1. The van der Waals surface area contributed by atoms with E-state index in [1.54, 1.807) is 0 Å². The van der Waals surface area contributed by atoms with Gasteiger partial charge in [-0.25, -0.2) is 0 Å². The molecule has 0 atom stereocenters. The van der Waals surface area contributed by atoms with Gasteiger partial charge in [0.25, 0.3) is 0 Å². The van der Waals surface area contributed by atoms with E-state index in [4.69, 9.17) is 0 Å². The van der Waals surface area contributed by atoms with Crippen molar-refractivity contribution in [3.05, 3.63) is 28.2 Å². The Morgan fingerprint density at radius 3 is 2.60 bits per heavy atom. The highest BCUT2D eigenvalue weighted by molar-refractivity contribution is 9.10. The quantitative estimate of drug-likeness (QED) is 0.783. The molecule has 0 saturated carbocycles. The summed E-state index contributed by atoms with van der Waals surface area (Å²) in [7, 11) is 0. The van der Waals surface area contributed by atoms with Crippen molar-refractivity contribution in [3.8, 4) is 0 Å². The van der Waals surface area contributed by atoms with Gasteiger partial charge in [0.2, 0.25) is 0 Å². The third kappa shape index (κ3) is 2.54. The number of nitrogens with zero attached hydrogens (tertiary/aromatic N) is 1. The van der Waals surface area contributed by atoms with Crippen molar-refractivity contribution in [2.45, 2.75) is 32.6 Å². The smallest absolute Gasteiger partial charge is 0.0399 e. The molecule has 0 aromatic heterocycles. The van der Waals surface area contributed by atoms with Crippen molar-refractivity contribution in [3.63, 3.8) is 0 Å². The summed E-state index contributed by atoms with van der Waals surface area (Å²) in [5.74, 6) is 0. The SMILES string of the molecule is CCc1cc(Br)ccc1N1CCCCC1. The predicted molar refractivity (Wildman–Crippen MR) is 69.6 cm³/mol. The highest BCUT2D eigenvalue weighted by atomic mass is 79.9. The number of hydrogen-bond acceptors (Lipinski definition) is 1. The highest BCUT2D eigenvalue weighted by Crippen LogP contribution is 2.27. The molecular formula is C13H18BrN. The van der Waals surface area contributed by atoms with Gasteiger partial charge >= 0.3 is 0 Å².